The number of aromatic nitrogens is 6. The molecule has 3 aromatic heterocycles. The Kier molecular flexibility index (Phi) is 10.2. The fourth-order valence-electron chi connectivity index (χ4n) is 3.66. The third-order valence-corrected chi connectivity index (χ3v) is 6.73. The maximum atomic E-state index is 14.6. The van der Waals surface area contributed by atoms with Gasteiger partial charge in [0.2, 0.25) is 5.01 Å². The van der Waals surface area contributed by atoms with Gasteiger partial charge in [-0.15, -0.1) is 28.5 Å². The van der Waals surface area contributed by atoms with Crippen LogP contribution in [0.4, 0.5) is 35.1 Å². The van der Waals surface area contributed by atoms with Crippen molar-refractivity contribution in [1.82, 2.24) is 40.8 Å². The van der Waals surface area contributed by atoms with Crippen LogP contribution in [0.15, 0.2) is 42.7 Å². The Bertz CT molecular complexity index is 1640. The van der Waals surface area contributed by atoms with E-state index in [4.69, 9.17) is 0 Å². The molecule has 0 spiro atoms. The van der Waals surface area contributed by atoms with Crippen LogP contribution in [0.5, 0.6) is 5.75 Å². The zero-order valence-corrected chi connectivity index (χ0v) is 23.3. The second-order valence-electron chi connectivity index (χ2n) is 9.16. The molecular weight excluding hydrogens is 644 g/mol. The van der Waals surface area contributed by atoms with Gasteiger partial charge in [0, 0.05) is 24.7 Å². The van der Waals surface area contributed by atoms with Crippen LogP contribution in [0.1, 0.15) is 48.5 Å². The van der Waals surface area contributed by atoms with Crippen LogP contribution in [-0.4, -0.2) is 54.5 Å². The summed E-state index contributed by atoms with van der Waals surface area (Å²) in [6.07, 6.45) is -8.96. The number of aryl methyl sites for hydroxylation is 1. The highest BCUT2D eigenvalue weighted by atomic mass is 32.1. The standard InChI is InChI=1S/C25H20F8N8O3S/c26-15(1-4-20-38-39-23(45-20)22(43)36-10-16-8-14(5-6-34-16)24(28,29)30)11-41-12-19(37-40-41)21(42)35-9-13-7-17(2-3-18(13)27)44-25(31,32)33/h2-3,5-8,12,15H,1,4,9-11H2,(H,35,42)(H,36,43). The van der Waals surface area contributed by atoms with Crippen LogP contribution in [0, 0.1) is 5.82 Å². The molecule has 0 radical (unpaired) electrons. The number of pyridine rings is 1. The van der Waals surface area contributed by atoms with Crippen LogP contribution in [0.3, 0.4) is 0 Å². The quantitative estimate of drug-likeness (QED) is 0.213. The number of carbonyl (C=O) groups excluding carboxylic acids is 2. The number of benzene rings is 1. The van der Waals surface area contributed by atoms with Crippen molar-refractivity contribution in [3.8, 4) is 5.75 Å². The van der Waals surface area contributed by atoms with Crippen molar-refractivity contribution in [3.63, 3.8) is 0 Å². The Morgan fingerprint density at radius 2 is 1.73 bits per heavy atom. The second-order valence-corrected chi connectivity index (χ2v) is 10.2. The van der Waals surface area contributed by atoms with Gasteiger partial charge in [-0.3, -0.25) is 14.6 Å². The number of rotatable bonds is 12. The van der Waals surface area contributed by atoms with E-state index in [0.29, 0.717) is 5.01 Å². The van der Waals surface area contributed by atoms with E-state index in [1.807, 2.05) is 0 Å². The number of nitrogens with zero attached hydrogens (tertiary/aromatic N) is 6. The maximum Gasteiger partial charge on any atom is 0.573 e. The fourth-order valence-corrected chi connectivity index (χ4v) is 4.43. The molecule has 0 saturated carbocycles. The van der Waals surface area contributed by atoms with E-state index in [2.05, 4.69) is 40.9 Å². The Hall–Kier alpha value is -4.75. The topological polar surface area (TPSA) is 137 Å². The monoisotopic (exact) mass is 664 g/mol. The van der Waals surface area contributed by atoms with Gasteiger partial charge in [0.15, 0.2) is 5.69 Å². The van der Waals surface area contributed by atoms with Gasteiger partial charge in [-0.2, -0.15) is 13.2 Å². The molecule has 20 heteroatoms. The molecule has 0 bridgehead atoms. The molecule has 2 amide bonds. The van der Waals surface area contributed by atoms with Crippen molar-refractivity contribution in [2.75, 3.05) is 0 Å². The minimum Gasteiger partial charge on any atom is -0.406 e. The molecule has 45 heavy (non-hydrogen) atoms. The molecule has 4 aromatic rings. The molecule has 11 nitrogen and oxygen atoms in total. The zero-order valence-electron chi connectivity index (χ0n) is 22.5. The van der Waals surface area contributed by atoms with Crippen molar-refractivity contribution < 1.29 is 49.4 Å². The van der Waals surface area contributed by atoms with Crippen molar-refractivity contribution in [3.05, 3.63) is 81.1 Å². The highest BCUT2D eigenvalue weighted by Gasteiger charge is 2.32. The van der Waals surface area contributed by atoms with E-state index in [0.717, 1.165) is 58.7 Å². The van der Waals surface area contributed by atoms with Crippen LogP contribution in [-0.2, 0) is 32.2 Å². The fraction of sp³-hybridized carbons (Fsp3) is 0.320. The van der Waals surface area contributed by atoms with Crippen LogP contribution < -0.4 is 15.4 Å². The van der Waals surface area contributed by atoms with Crippen LogP contribution in [0.25, 0.3) is 0 Å². The molecular formula is C25H20F8N8O3S. The SMILES string of the molecule is O=C(NCc1cc(OC(F)(F)F)ccc1F)c1cn(CC(F)CCc2nnc(C(=O)NCc3cc(C(F)(F)F)ccn3)s2)nn1. The lowest BCUT2D eigenvalue weighted by Crippen LogP contribution is -2.24. The predicted octanol–water partition coefficient (Wildman–Crippen LogP) is 4.41. The highest BCUT2D eigenvalue weighted by Crippen LogP contribution is 2.29. The molecule has 240 valence electrons. The number of ether oxygens (including phenoxy) is 1. The first kappa shape index (κ1) is 33.1. The summed E-state index contributed by atoms with van der Waals surface area (Å²) in [7, 11) is 0. The molecule has 1 atom stereocenters. The first-order valence-corrected chi connectivity index (χ1v) is 13.5. The van der Waals surface area contributed by atoms with Crippen molar-refractivity contribution in [1.29, 1.82) is 0 Å². The number of hydrogen-bond donors (Lipinski definition) is 2. The molecule has 0 aliphatic carbocycles. The van der Waals surface area contributed by atoms with Gasteiger partial charge in [0.25, 0.3) is 11.8 Å². The first-order valence-electron chi connectivity index (χ1n) is 12.7. The van der Waals surface area contributed by atoms with Crippen molar-refractivity contribution in [2.45, 2.75) is 51.2 Å². The van der Waals surface area contributed by atoms with E-state index >= 15 is 0 Å². The van der Waals surface area contributed by atoms with Crippen LogP contribution >= 0.6 is 11.3 Å². The highest BCUT2D eigenvalue weighted by molar-refractivity contribution is 7.13. The molecule has 4 rings (SSSR count). The second kappa shape index (κ2) is 13.9. The van der Waals surface area contributed by atoms with Gasteiger partial charge in [-0.1, -0.05) is 16.6 Å². The molecule has 1 aromatic carbocycles. The average molecular weight is 665 g/mol. The molecule has 0 aliphatic rings. The number of hydrogen-bond acceptors (Lipinski definition) is 9. The molecule has 3 heterocycles. The van der Waals surface area contributed by atoms with Crippen molar-refractivity contribution >= 4 is 23.2 Å². The first-order chi connectivity index (χ1) is 21.2. The smallest absolute Gasteiger partial charge is 0.406 e. The predicted molar refractivity (Wildman–Crippen MR) is 138 cm³/mol. The van der Waals surface area contributed by atoms with Gasteiger partial charge < -0.3 is 15.4 Å². The third kappa shape index (κ3) is 9.88. The molecule has 0 fully saturated rings. The summed E-state index contributed by atoms with van der Waals surface area (Å²) in [6.45, 7) is -1.10. The maximum absolute atomic E-state index is 14.6. The van der Waals surface area contributed by atoms with Crippen molar-refractivity contribution in [2.24, 2.45) is 0 Å². The minimum atomic E-state index is -4.99. The summed E-state index contributed by atoms with van der Waals surface area (Å²) in [4.78, 5) is 28.4. The number of carbonyl (C=O) groups is 2. The lowest BCUT2D eigenvalue weighted by molar-refractivity contribution is -0.274. The van der Waals surface area contributed by atoms with Crippen LogP contribution in [0.2, 0.25) is 0 Å². The molecule has 1 unspecified atom stereocenters. The zero-order chi connectivity index (χ0) is 32.8. The van der Waals surface area contributed by atoms with E-state index in [1.54, 1.807) is 0 Å². The van der Waals surface area contributed by atoms with Gasteiger partial charge in [0.1, 0.15) is 22.7 Å². The number of amides is 2. The van der Waals surface area contributed by atoms with E-state index < -0.39 is 54.2 Å². The summed E-state index contributed by atoms with van der Waals surface area (Å²) in [5, 5.41) is 19.7. The molecule has 2 N–H and O–H groups in total. The summed E-state index contributed by atoms with van der Waals surface area (Å²) in [5.41, 5.74) is -1.47. The number of alkyl halides is 7. The Labute approximate surface area is 251 Å². The van der Waals surface area contributed by atoms with Gasteiger partial charge >= 0.3 is 12.5 Å². The number of nitrogens with one attached hydrogen (secondary N) is 2. The van der Waals surface area contributed by atoms with Gasteiger partial charge in [-0.05, 0) is 36.8 Å². The Morgan fingerprint density at radius 1 is 0.978 bits per heavy atom. The minimum absolute atomic E-state index is 0.0180. The Morgan fingerprint density at radius 3 is 2.47 bits per heavy atom. The van der Waals surface area contributed by atoms with E-state index in [-0.39, 0.29) is 47.9 Å². The summed E-state index contributed by atoms with van der Waals surface area (Å²) in [5.74, 6) is -3.10. The lowest BCUT2D eigenvalue weighted by atomic mass is 10.2. The van der Waals surface area contributed by atoms with E-state index in [9.17, 15) is 44.7 Å². The molecule has 0 aliphatic heterocycles. The normalized spacial score (nSPS) is 12.5. The Balaban J connectivity index is 1.22. The number of halogens is 8. The summed E-state index contributed by atoms with van der Waals surface area (Å²) < 4.78 is 109. The van der Waals surface area contributed by atoms with E-state index in [1.165, 1.54) is 0 Å². The van der Waals surface area contributed by atoms with Gasteiger partial charge in [0.05, 0.1) is 30.5 Å². The largest absolute Gasteiger partial charge is 0.573 e. The average Bonchev–Trinajstić information content (AvgIpc) is 3.64. The third-order valence-electron chi connectivity index (χ3n) is 5.75. The lowest BCUT2D eigenvalue weighted by Gasteiger charge is -2.11. The summed E-state index contributed by atoms with van der Waals surface area (Å²) >= 11 is 0.869. The molecule has 0 saturated heterocycles. The summed E-state index contributed by atoms with van der Waals surface area (Å²) in [6, 6.07) is 3.91. The van der Waals surface area contributed by atoms with Gasteiger partial charge in [-0.25, -0.2) is 13.5 Å².